The van der Waals surface area contributed by atoms with Crippen LogP contribution in [0.4, 0.5) is 11.8 Å². The van der Waals surface area contributed by atoms with E-state index in [0.717, 1.165) is 52.4 Å². The van der Waals surface area contributed by atoms with Gasteiger partial charge in [-0.1, -0.05) is 38.1 Å². The highest BCUT2D eigenvalue weighted by Gasteiger charge is 2.30. The number of aryl methyl sites for hydroxylation is 3. The maximum atomic E-state index is 4.92. The zero-order chi connectivity index (χ0) is 20.8. The summed E-state index contributed by atoms with van der Waals surface area (Å²) < 4.78 is 3.74. The lowest BCUT2D eigenvalue weighted by molar-refractivity contribution is 0.688. The number of hydrogen-bond donors (Lipinski definition) is 1. The minimum absolute atomic E-state index is 0.321. The SMILES string of the molecule is CCc1ccc(-c2c3c(nn2C)CC(C)c2cnc(Nc4ccn(C)n4)nc2-3)cc1. The van der Waals surface area contributed by atoms with Crippen LogP contribution in [0.15, 0.2) is 42.7 Å². The van der Waals surface area contributed by atoms with Crippen LogP contribution in [0.1, 0.15) is 36.6 Å². The fraction of sp³-hybridized carbons (Fsp3) is 0.304. The van der Waals surface area contributed by atoms with Gasteiger partial charge < -0.3 is 5.32 Å². The van der Waals surface area contributed by atoms with Crippen LogP contribution >= 0.6 is 0 Å². The molecule has 0 fully saturated rings. The van der Waals surface area contributed by atoms with Gasteiger partial charge in [-0.05, 0) is 24.3 Å². The highest BCUT2D eigenvalue weighted by Crippen LogP contribution is 2.43. The van der Waals surface area contributed by atoms with E-state index in [4.69, 9.17) is 10.1 Å². The highest BCUT2D eigenvalue weighted by molar-refractivity contribution is 5.84. The van der Waals surface area contributed by atoms with Crippen LogP contribution in [0.2, 0.25) is 0 Å². The molecule has 7 nitrogen and oxygen atoms in total. The van der Waals surface area contributed by atoms with Crippen LogP contribution < -0.4 is 5.32 Å². The number of fused-ring (bicyclic) bond motifs is 3. The van der Waals surface area contributed by atoms with Crippen LogP contribution in [0.5, 0.6) is 0 Å². The lowest BCUT2D eigenvalue weighted by Gasteiger charge is -2.22. The van der Waals surface area contributed by atoms with Crippen molar-refractivity contribution in [2.24, 2.45) is 14.1 Å². The van der Waals surface area contributed by atoms with Crippen molar-refractivity contribution >= 4 is 11.8 Å². The lowest BCUT2D eigenvalue weighted by atomic mass is 9.84. The van der Waals surface area contributed by atoms with Crippen molar-refractivity contribution in [1.82, 2.24) is 29.5 Å². The van der Waals surface area contributed by atoms with Crippen molar-refractivity contribution in [2.45, 2.75) is 32.6 Å². The summed E-state index contributed by atoms with van der Waals surface area (Å²) >= 11 is 0. The second-order valence-corrected chi connectivity index (χ2v) is 7.95. The van der Waals surface area contributed by atoms with Gasteiger partial charge in [-0.25, -0.2) is 9.97 Å². The molecule has 1 aliphatic rings. The van der Waals surface area contributed by atoms with Gasteiger partial charge in [-0.15, -0.1) is 0 Å². The van der Waals surface area contributed by atoms with Crippen LogP contribution in [0, 0.1) is 0 Å². The average Bonchev–Trinajstić information content (AvgIpc) is 3.30. The Bertz CT molecular complexity index is 1220. The number of aromatic nitrogens is 6. The van der Waals surface area contributed by atoms with Crippen molar-refractivity contribution in [3.05, 3.63) is 59.5 Å². The molecule has 4 aromatic rings. The summed E-state index contributed by atoms with van der Waals surface area (Å²) in [4.78, 5) is 9.47. The number of anilines is 2. The lowest BCUT2D eigenvalue weighted by Crippen LogP contribution is -2.12. The zero-order valence-corrected chi connectivity index (χ0v) is 17.7. The first-order valence-electron chi connectivity index (χ1n) is 10.3. The predicted molar refractivity (Wildman–Crippen MR) is 118 cm³/mol. The summed E-state index contributed by atoms with van der Waals surface area (Å²) in [6.07, 6.45) is 5.75. The average molecular weight is 400 g/mol. The van der Waals surface area contributed by atoms with E-state index in [-0.39, 0.29) is 0 Å². The van der Waals surface area contributed by atoms with Crippen molar-refractivity contribution in [3.63, 3.8) is 0 Å². The third-order valence-electron chi connectivity index (χ3n) is 5.79. The molecule has 5 rings (SSSR count). The van der Waals surface area contributed by atoms with Gasteiger partial charge in [-0.2, -0.15) is 10.2 Å². The van der Waals surface area contributed by atoms with Gasteiger partial charge in [0, 0.05) is 49.2 Å². The van der Waals surface area contributed by atoms with Gasteiger partial charge in [0.25, 0.3) is 0 Å². The summed E-state index contributed by atoms with van der Waals surface area (Å²) in [5.41, 5.74) is 7.90. The van der Waals surface area contributed by atoms with E-state index in [1.807, 2.05) is 37.2 Å². The number of rotatable bonds is 4. The molecular weight excluding hydrogens is 374 g/mol. The van der Waals surface area contributed by atoms with Gasteiger partial charge in [0.05, 0.1) is 17.1 Å². The fourth-order valence-electron chi connectivity index (χ4n) is 4.21. The van der Waals surface area contributed by atoms with Crippen LogP contribution in [-0.4, -0.2) is 29.5 Å². The van der Waals surface area contributed by atoms with Gasteiger partial charge in [0.1, 0.15) is 0 Å². The molecule has 0 bridgehead atoms. The topological polar surface area (TPSA) is 73.5 Å². The molecular formula is C23H25N7. The smallest absolute Gasteiger partial charge is 0.228 e. The van der Waals surface area contributed by atoms with E-state index in [1.54, 1.807) is 4.68 Å². The molecule has 0 saturated carbocycles. The van der Waals surface area contributed by atoms with Crippen LogP contribution in [0.3, 0.4) is 0 Å². The Morgan fingerprint density at radius 3 is 2.60 bits per heavy atom. The van der Waals surface area contributed by atoms with E-state index in [0.29, 0.717) is 11.9 Å². The molecule has 152 valence electrons. The van der Waals surface area contributed by atoms with E-state index in [1.165, 1.54) is 5.56 Å². The highest BCUT2D eigenvalue weighted by atomic mass is 15.3. The quantitative estimate of drug-likeness (QED) is 0.556. The molecule has 1 atom stereocenters. The summed E-state index contributed by atoms with van der Waals surface area (Å²) in [7, 11) is 3.90. The van der Waals surface area contributed by atoms with E-state index < -0.39 is 0 Å². The van der Waals surface area contributed by atoms with Crippen molar-refractivity contribution < 1.29 is 0 Å². The number of hydrogen-bond acceptors (Lipinski definition) is 5. The second-order valence-electron chi connectivity index (χ2n) is 7.95. The van der Waals surface area contributed by atoms with Gasteiger partial charge in [-0.3, -0.25) is 9.36 Å². The van der Waals surface area contributed by atoms with Crippen molar-refractivity contribution in [2.75, 3.05) is 5.32 Å². The molecule has 0 aliphatic heterocycles. The monoisotopic (exact) mass is 399 g/mol. The Hall–Kier alpha value is -3.48. The molecule has 30 heavy (non-hydrogen) atoms. The normalized spacial score (nSPS) is 15.0. The predicted octanol–water partition coefficient (Wildman–Crippen LogP) is 4.24. The first kappa shape index (κ1) is 18.5. The van der Waals surface area contributed by atoms with Crippen LogP contribution in [0.25, 0.3) is 22.5 Å². The molecule has 3 aromatic heterocycles. The molecule has 1 aromatic carbocycles. The Balaban J connectivity index is 1.63. The Morgan fingerprint density at radius 1 is 1.10 bits per heavy atom. The molecule has 0 radical (unpaired) electrons. The van der Waals surface area contributed by atoms with Crippen LogP contribution in [-0.2, 0) is 26.9 Å². The summed E-state index contributed by atoms with van der Waals surface area (Å²) in [5, 5.41) is 12.4. The third-order valence-corrected chi connectivity index (χ3v) is 5.79. The Labute approximate surface area is 175 Å². The Kier molecular flexibility index (Phi) is 4.38. The first-order valence-corrected chi connectivity index (χ1v) is 10.3. The molecule has 7 heteroatoms. The summed E-state index contributed by atoms with van der Waals surface area (Å²) in [5.74, 6) is 1.59. The summed E-state index contributed by atoms with van der Waals surface area (Å²) in [6.45, 7) is 4.38. The molecule has 1 aliphatic carbocycles. The van der Waals surface area contributed by atoms with Crippen molar-refractivity contribution in [3.8, 4) is 22.5 Å². The molecule has 1 N–H and O–H groups in total. The van der Waals surface area contributed by atoms with Gasteiger partial charge >= 0.3 is 0 Å². The maximum absolute atomic E-state index is 4.92. The minimum Gasteiger partial charge on any atom is -0.307 e. The second kappa shape index (κ2) is 7.09. The zero-order valence-electron chi connectivity index (χ0n) is 17.7. The number of benzene rings is 1. The molecule has 0 amide bonds. The molecule has 3 heterocycles. The third kappa shape index (κ3) is 3.07. The number of nitrogens with zero attached hydrogens (tertiary/aromatic N) is 6. The molecule has 1 unspecified atom stereocenters. The van der Waals surface area contributed by atoms with Gasteiger partial charge in [0.2, 0.25) is 5.95 Å². The molecule has 0 saturated heterocycles. The van der Waals surface area contributed by atoms with Gasteiger partial charge in [0.15, 0.2) is 5.82 Å². The number of nitrogens with one attached hydrogen (secondary N) is 1. The van der Waals surface area contributed by atoms with E-state index in [2.05, 4.69) is 53.5 Å². The largest absolute Gasteiger partial charge is 0.307 e. The summed E-state index contributed by atoms with van der Waals surface area (Å²) in [6, 6.07) is 10.6. The van der Waals surface area contributed by atoms with E-state index >= 15 is 0 Å². The maximum Gasteiger partial charge on any atom is 0.228 e. The standard InChI is InChI=1S/C23H25N7/c1-5-15-6-8-16(9-7-15)22-20-18(27-30(22)4)12-14(2)17-13-24-23(26-21(17)20)25-19-10-11-29(3)28-19/h6-11,13-14H,5,12H2,1-4H3,(H,24,25,26,28). The first-order chi connectivity index (χ1) is 14.5. The minimum atomic E-state index is 0.321. The molecule has 0 spiro atoms. The van der Waals surface area contributed by atoms with E-state index in [9.17, 15) is 0 Å². The van der Waals surface area contributed by atoms with Crippen molar-refractivity contribution in [1.29, 1.82) is 0 Å². The fourth-order valence-corrected chi connectivity index (χ4v) is 4.21. The Morgan fingerprint density at radius 2 is 1.90 bits per heavy atom.